The van der Waals surface area contributed by atoms with E-state index in [0.29, 0.717) is 31.0 Å². The summed E-state index contributed by atoms with van der Waals surface area (Å²) in [6.45, 7) is 20.0. The molecule has 37 heavy (non-hydrogen) atoms. The Morgan fingerprint density at radius 3 is 2.35 bits per heavy atom. The lowest BCUT2D eigenvalue weighted by Gasteiger charge is -2.35. The fourth-order valence-corrected chi connectivity index (χ4v) is 4.29. The molecule has 0 unspecified atom stereocenters. The van der Waals surface area contributed by atoms with E-state index in [4.69, 9.17) is 11.3 Å². The van der Waals surface area contributed by atoms with Gasteiger partial charge in [-0.1, -0.05) is 30.3 Å². The van der Waals surface area contributed by atoms with Crippen molar-refractivity contribution in [1.29, 1.82) is 0 Å². The molecular formula is C28H34N6O3. The first-order chi connectivity index (χ1) is 17.5. The summed E-state index contributed by atoms with van der Waals surface area (Å²) in [5.74, 6) is -0.200. The second kappa shape index (κ2) is 10.2. The van der Waals surface area contributed by atoms with Gasteiger partial charge in [0.2, 0.25) is 0 Å². The van der Waals surface area contributed by atoms with Crippen molar-refractivity contribution < 1.29 is 14.3 Å². The van der Waals surface area contributed by atoms with Gasteiger partial charge in [0.1, 0.15) is 11.1 Å². The van der Waals surface area contributed by atoms with Crippen LogP contribution in [-0.4, -0.2) is 63.4 Å². The molecule has 0 atom stereocenters. The molecule has 0 bridgehead atoms. The van der Waals surface area contributed by atoms with Crippen LogP contribution in [0.2, 0.25) is 0 Å². The predicted octanol–water partition coefficient (Wildman–Crippen LogP) is 5.01. The van der Waals surface area contributed by atoms with Crippen LogP contribution in [-0.2, 0) is 21.6 Å². The lowest BCUT2D eigenvalue weighted by Crippen LogP contribution is -2.49. The molecule has 0 aliphatic carbocycles. The minimum atomic E-state index is -0.937. The topological polar surface area (TPSA) is 84.1 Å². The molecular weight excluding hydrogens is 468 g/mol. The van der Waals surface area contributed by atoms with Gasteiger partial charge in [0.05, 0.1) is 12.8 Å². The number of carbonyl (C=O) groups is 2. The summed E-state index contributed by atoms with van der Waals surface area (Å²) in [4.78, 5) is 33.2. The summed E-state index contributed by atoms with van der Waals surface area (Å²) in [7, 11) is 0. The summed E-state index contributed by atoms with van der Waals surface area (Å²) in [5, 5.41) is 9.16. The first kappa shape index (κ1) is 26.2. The summed E-state index contributed by atoms with van der Waals surface area (Å²) < 4.78 is 7.16. The van der Waals surface area contributed by atoms with Crippen molar-refractivity contribution in [3.8, 4) is 0 Å². The summed E-state index contributed by atoms with van der Waals surface area (Å²) in [5.41, 5.74) is 0.773. The van der Waals surface area contributed by atoms with Crippen molar-refractivity contribution in [2.24, 2.45) is 0 Å². The zero-order valence-corrected chi connectivity index (χ0v) is 22.1. The maximum atomic E-state index is 13.3. The molecule has 0 spiro atoms. The zero-order valence-electron chi connectivity index (χ0n) is 22.1. The van der Waals surface area contributed by atoms with Gasteiger partial charge >= 0.3 is 6.09 Å². The van der Waals surface area contributed by atoms with E-state index in [-0.39, 0.29) is 12.0 Å². The molecule has 3 aromatic rings. The molecule has 1 aliphatic heterocycles. The molecule has 1 fully saturated rings. The van der Waals surface area contributed by atoms with Crippen molar-refractivity contribution >= 4 is 34.1 Å². The third kappa shape index (κ3) is 5.92. The Morgan fingerprint density at radius 2 is 1.70 bits per heavy atom. The van der Waals surface area contributed by atoms with E-state index >= 15 is 0 Å². The summed E-state index contributed by atoms with van der Waals surface area (Å²) in [6.07, 6.45) is 3.42. The molecule has 0 radical (unpaired) electrons. The average molecular weight is 503 g/mol. The number of carbonyl (C=O) groups excluding carboxylic acids is 2. The number of hydrogen-bond acceptors (Lipinski definition) is 5. The second-order valence-electron chi connectivity index (χ2n) is 10.8. The third-order valence-electron chi connectivity index (χ3n) is 6.46. The van der Waals surface area contributed by atoms with Crippen LogP contribution < -0.4 is 5.32 Å². The number of fused-ring (bicyclic) bond motifs is 1. The monoisotopic (exact) mass is 502 g/mol. The Bertz CT molecular complexity index is 1340. The Hall–Kier alpha value is -3.90. The number of nitrogens with one attached hydrogen (secondary N) is 1. The maximum absolute atomic E-state index is 13.3. The number of aromatic nitrogens is 2. The van der Waals surface area contributed by atoms with E-state index in [0.717, 1.165) is 29.4 Å². The van der Waals surface area contributed by atoms with E-state index in [9.17, 15) is 9.59 Å². The lowest BCUT2D eigenvalue weighted by molar-refractivity contribution is -0.123. The molecule has 194 valence electrons. The Morgan fingerprint density at radius 1 is 1.03 bits per heavy atom. The Kier molecular flexibility index (Phi) is 7.23. The smallest absolute Gasteiger partial charge is 0.410 e. The number of rotatable bonds is 5. The standard InChI is InChI=1S/C28H34N6O3/c1-27(2,3)37-26(36)33-15-13-32(14-16-33)18-20-17-30-34(19-20)28(4,5)25(35)31-24-12-11-23(29-6)21-9-7-8-10-22(21)24/h7-12,17,19H,13-16,18H2,1-5H3,(H,31,35). The highest BCUT2D eigenvalue weighted by molar-refractivity contribution is 6.08. The summed E-state index contributed by atoms with van der Waals surface area (Å²) in [6, 6.07) is 11.1. The minimum absolute atomic E-state index is 0.200. The van der Waals surface area contributed by atoms with Gasteiger partial charge in [-0.15, -0.1) is 0 Å². The van der Waals surface area contributed by atoms with Crippen molar-refractivity contribution in [1.82, 2.24) is 19.6 Å². The Balaban J connectivity index is 1.39. The fraction of sp³-hybridized carbons (Fsp3) is 0.429. The van der Waals surface area contributed by atoms with E-state index in [1.54, 1.807) is 27.9 Å². The van der Waals surface area contributed by atoms with Gasteiger partial charge in [-0.25, -0.2) is 9.64 Å². The number of nitrogens with zero attached hydrogens (tertiary/aromatic N) is 5. The molecule has 0 saturated carbocycles. The lowest BCUT2D eigenvalue weighted by atomic mass is 10.0. The van der Waals surface area contributed by atoms with Crippen molar-refractivity contribution in [2.75, 3.05) is 31.5 Å². The number of benzene rings is 2. The van der Waals surface area contributed by atoms with Gasteiger partial charge < -0.3 is 15.0 Å². The van der Waals surface area contributed by atoms with Crippen LogP contribution in [0.1, 0.15) is 40.2 Å². The van der Waals surface area contributed by atoms with Crippen molar-refractivity contribution in [3.63, 3.8) is 0 Å². The number of anilines is 1. The van der Waals surface area contributed by atoms with Crippen LogP contribution >= 0.6 is 0 Å². The molecule has 2 amide bonds. The van der Waals surface area contributed by atoms with E-state index < -0.39 is 11.1 Å². The predicted molar refractivity (Wildman–Crippen MR) is 143 cm³/mol. The van der Waals surface area contributed by atoms with Crippen LogP contribution in [0, 0.1) is 6.57 Å². The van der Waals surface area contributed by atoms with Crippen molar-refractivity contribution in [2.45, 2.75) is 52.3 Å². The molecule has 9 nitrogen and oxygen atoms in total. The van der Waals surface area contributed by atoms with Crippen LogP contribution in [0.15, 0.2) is 48.8 Å². The summed E-state index contributed by atoms with van der Waals surface area (Å²) >= 11 is 0. The number of ether oxygens (including phenoxy) is 1. The van der Waals surface area contributed by atoms with Crippen molar-refractivity contribution in [3.05, 3.63) is 65.8 Å². The van der Waals surface area contributed by atoms with E-state index in [2.05, 4.69) is 20.2 Å². The molecule has 1 saturated heterocycles. The largest absolute Gasteiger partial charge is 0.444 e. The van der Waals surface area contributed by atoms with Crippen LogP contribution in [0.5, 0.6) is 0 Å². The van der Waals surface area contributed by atoms with Crippen LogP contribution in [0.4, 0.5) is 16.2 Å². The third-order valence-corrected chi connectivity index (χ3v) is 6.46. The van der Waals surface area contributed by atoms with Gasteiger partial charge in [0, 0.05) is 50.2 Å². The minimum Gasteiger partial charge on any atom is -0.444 e. The number of piperazine rings is 1. The van der Waals surface area contributed by atoms with E-state index in [1.165, 1.54) is 0 Å². The first-order valence-corrected chi connectivity index (χ1v) is 12.4. The molecule has 9 heteroatoms. The Labute approximate surface area is 217 Å². The molecule has 2 heterocycles. The average Bonchev–Trinajstić information content (AvgIpc) is 3.33. The quantitative estimate of drug-likeness (QED) is 0.496. The number of hydrogen-bond donors (Lipinski definition) is 1. The van der Waals surface area contributed by atoms with Gasteiger partial charge in [0.15, 0.2) is 5.69 Å². The molecule has 4 rings (SSSR count). The second-order valence-corrected chi connectivity index (χ2v) is 10.8. The van der Waals surface area contributed by atoms with E-state index in [1.807, 2.05) is 65.1 Å². The van der Waals surface area contributed by atoms with Gasteiger partial charge in [-0.2, -0.15) is 5.10 Å². The normalized spacial score (nSPS) is 14.9. The highest BCUT2D eigenvalue weighted by Crippen LogP contribution is 2.32. The molecule has 1 N–H and O–H groups in total. The first-order valence-electron chi connectivity index (χ1n) is 12.4. The zero-order chi connectivity index (χ0) is 26.8. The van der Waals surface area contributed by atoms with Gasteiger partial charge in [0.25, 0.3) is 5.91 Å². The number of amides is 2. The van der Waals surface area contributed by atoms with Gasteiger partial charge in [-0.3, -0.25) is 14.4 Å². The molecule has 2 aromatic carbocycles. The molecule has 1 aromatic heterocycles. The maximum Gasteiger partial charge on any atom is 0.410 e. The van der Waals surface area contributed by atoms with Gasteiger partial charge in [-0.05, 0) is 51.5 Å². The SMILES string of the molecule is [C-]#[N+]c1ccc(NC(=O)C(C)(C)n2cc(CN3CCN(C(=O)OC(C)(C)C)CC3)cn2)c2ccccc12. The molecule has 1 aliphatic rings. The fourth-order valence-electron chi connectivity index (χ4n) is 4.29. The van der Waals surface area contributed by atoms with Crippen LogP contribution in [0.25, 0.3) is 15.6 Å². The highest BCUT2D eigenvalue weighted by atomic mass is 16.6. The highest BCUT2D eigenvalue weighted by Gasteiger charge is 2.32. The van der Waals surface area contributed by atoms with Crippen LogP contribution in [0.3, 0.4) is 0 Å².